The predicted octanol–water partition coefficient (Wildman–Crippen LogP) is 1.90. The summed E-state index contributed by atoms with van der Waals surface area (Å²) < 4.78 is 5.42. The minimum absolute atomic E-state index is 0.162. The first-order valence-electron chi connectivity index (χ1n) is 5.88. The van der Waals surface area contributed by atoms with Gasteiger partial charge in [0.1, 0.15) is 11.3 Å². The highest BCUT2D eigenvalue weighted by molar-refractivity contribution is 8.00. The molecule has 0 bridgehead atoms. The Morgan fingerprint density at radius 2 is 2.28 bits per heavy atom. The Bertz CT molecular complexity index is 458. The molecule has 18 heavy (non-hydrogen) atoms. The van der Waals surface area contributed by atoms with Crippen LogP contribution in [0.15, 0.2) is 18.2 Å². The maximum atomic E-state index is 12.2. The normalized spacial score (nSPS) is 16.1. The summed E-state index contributed by atoms with van der Waals surface area (Å²) in [5.74, 6) is 0.353. The molecule has 0 heterocycles. The van der Waals surface area contributed by atoms with Crippen molar-refractivity contribution in [2.75, 3.05) is 25.6 Å². The standard InChI is InChI=1S/C13H18N2O2S/c1-17-10-5-3-4-9(14)11(10)12(16)15-8-13(18-2)6-7-13/h3-5H,6-8,14H2,1-2H3,(H,15,16). The van der Waals surface area contributed by atoms with E-state index in [0.717, 1.165) is 12.8 Å². The van der Waals surface area contributed by atoms with E-state index in [1.54, 1.807) is 18.2 Å². The van der Waals surface area contributed by atoms with Crippen LogP contribution < -0.4 is 15.8 Å². The van der Waals surface area contributed by atoms with Crippen molar-refractivity contribution in [3.8, 4) is 5.75 Å². The number of nitrogens with one attached hydrogen (secondary N) is 1. The molecule has 0 aromatic heterocycles. The van der Waals surface area contributed by atoms with Crippen molar-refractivity contribution in [1.82, 2.24) is 5.32 Å². The number of nitrogen functional groups attached to an aromatic ring is 1. The van der Waals surface area contributed by atoms with E-state index in [-0.39, 0.29) is 10.7 Å². The van der Waals surface area contributed by atoms with Crippen LogP contribution in [0.2, 0.25) is 0 Å². The van der Waals surface area contributed by atoms with Crippen molar-refractivity contribution >= 4 is 23.4 Å². The van der Waals surface area contributed by atoms with Gasteiger partial charge in [-0.2, -0.15) is 11.8 Å². The first-order chi connectivity index (χ1) is 8.62. The molecular formula is C13H18N2O2S. The van der Waals surface area contributed by atoms with E-state index < -0.39 is 0 Å². The summed E-state index contributed by atoms with van der Waals surface area (Å²) in [4.78, 5) is 12.2. The Hall–Kier alpha value is -1.36. The van der Waals surface area contributed by atoms with Gasteiger partial charge in [-0.25, -0.2) is 0 Å². The Morgan fingerprint density at radius 1 is 1.56 bits per heavy atom. The molecule has 1 fully saturated rings. The van der Waals surface area contributed by atoms with E-state index in [9.17, 15) is 4.79 Å². The van der Waals surface area contributed by atoms with E-state index in [0.29, 0.717) is 23.5 Å². The molecule has 4 nitrogen and oxygen atoms in total. The summed E-state index contributed by atoms with van der Waals surface area (Å²) in [5, 5.41) is 2.95. The number of anilines is 1. The minimum Gasteiger partial charge on any atom is -0.496 e. The van der Waals surface area contributed by atoms with Crippen LogP contribution in [0.25, 0.3) is 0 Å². The van der Waals surface area contributed by atoms with Crippen molar-refractivity contribution in [3.63, 3.8) is 0 Å². The van der Waals surface area contributed by atoms with Gasteiger partial charge in [0.2, 0.25) is 0 Å². The molecule has 1 aliphatic carbocycles. The SMILES string of the molecule is COc1cccc(N)c1C(=O)NCC1(SC)CC1. The third kappa shape index (κ3) is 2.56. The molecule has 1 amide bonds. The van der Waals surface area contributed by atoms with Crippen LogP contribution in [0, 0.1) is 0 Å². The second-order valence-corrected chi connectivity index (χ2v) is 5.77. The number of carbonyl (C=O) groups excluding carboxylic acids is 1. The van der Waals surface area contributed by atoms with E-state index in [1.807, 2.05) is 11.8 Å². The zero-order valence-corrected chi connectivity index (χ0v) is 11.5. The lowest BCUT2D eigenvalue weighted by atomic mass is 10.1. The van der Waals surface area contributed by atoms with Gasteiger partial charge in [-0.1, -0.05) is 6.07 Å². The smallest absolute Gasteiger partial charge is 0.257 e. The van der Waals surface area contributed by atoms with Gasteiger partial charge in [0.05, 0.1) is 7.11 Å². The predicted molar refractivity (Wildman–Crippen MR) is 75.2 cm³/mol. The third-order valence-corrected chi connectivity index (χ3v) is 4.74. The highest BCUT2D eigenvalue weighted by Gasteiger charge is 2.42. The fourth-order valence-electron chi connectivity index (χ4n) is 1.88. The minimum atomic E-state index is -0.162. The molecule has 0 atom stereocenters. The Kier molecular flexibility index (Phi) is 3.71. The van der Waals surface area contributed by atoms with E-state index in [4.69, 9.17) is 10.5 Å². The summed E-state index contributed by atoms with van der Waals surface area (Å²) in [7, 11) is 1.54. The fourth-order valence-corrected chi connectivity index (χ4v) is 2.61. The molecule has 0 aliphatic heterocycles. The van der Waals surface area contributed by atoms with Crippen molar-refractivity contribution < 1.29 is 9.53 Å². The number of ether oxygens (including phenoxy) is 1. The molecule has 0 unspecified atom stereocenters. The summed E-state index contributed by atoms with van der Waals surface area (Å²) in [6.07, 6.45) is 4.41. The second-order valence-electron chi connectivity index (χ2n) is 4.49. The number of rotatable bonds is 5. The van der Waals surface area contributed by atoms with Crippen molar-refractivity contribution in [2.24, 2.45) is 0 Å². The molecule has 1 aliphatic rings. The topological polar surface area (TPSA) is 64.3 Å². The molecule has 1 aromatic rings. The van der Waals surface area contributed by atoms with Crippen LogP contribution in [0.4, 0.5) is 5.69 Å². The van der Waals surface area contributed by atoms with Gasteiger partial charge in [-0.05, 0) is 31.2 Å². The first-order valence-corrected chi connectivity index (χ1v) is 7.10. The molecule has 3 N–H and O–H groups in total. The van der Waals surface area contributed by atoms with E-state index in [2.05, 4.69) is 11.6 Å². The molecule has 98 valence electrons. The van der Waals surface area contributed by atoms with Gasteiger partial charge in [0.25, 0.3) is 5.91 Å². The number of hydrogen-bond donors (Lipinski definition) is 2. The maximum absolute atomic E-state index is 12.2. The fraction of sp³-hybridized carbons (Fsp3) is 0.462. The van der Waals surface area contributed by atoms with E-state index >= 15 is 0 Å². The van der Waals surface area contributed by atoms with Crippen molar-refractivity contribution in [1.29, 1.82) is 0 Å². The highest BCUT2D eigenvalue weighted by Crippen LogP contribution is 2.46. The van der Waals surface area contributed by atoms with Crippen LogP contribution in [0.5, 0.6) is 5.75 Å². The molecule has 1 aromatic carbocycles. The van der Waals surface area contributed by atoms with Crippen LogP contribution >= 0.6 is 11.8 Å². The van der Waals surface area contributed by atoms with Gasteiger partial charge in [-0.15, -0.1) is 0 Å². The summed E-state index contributed by atoms with van der Waals surface area (Å²) >= 11 is 1.81. The molecule has 2 rings (SSSR count). The number of nitrogens with two attached hydrogens (primary N) is 1. The molecule has 0 radical (unpaired) electrons. The molecule has 0 spiro atoms. The molecular weight excluding hydrogens is 248 g/mol. The van der Waals surface area contributed by atoms with Crippen molar-refractivity contribution in [3.05, 3.63) is 23.8 Å². The molecule has 0 saturated heterocycles. The first kappa shape index (κ1) is 13.1. The second kappa shape index (κ2) is 5.10. The average Bonchev–Trinajstić information content (AvgIpc) is 3.16. The highest BCUT2D eigenvalue weighted by atomic mass is 32.2. The van der Waals surface area contributed by atoms with E-state index in [1.165, 1.54) is 7.11 Å². The summed E-state index contributed by atoms with van der Waals surface area (Å²) in [5.41, 5.74) is 6.71. The number of benzene rings is 1. The number of amides is 1. The number of thioether (sulfide) groups is 1. The van der Waals surface area contributed by atoms with Crippen molar-refractivity contribution in [2.45, 2.75) is 17.6 Å². The van der Waals surface area contributed by atoms with Gasteiger partial charge < -0.3 is 15.8 Å². The average molecular weight is 266 g/mol. The van der Waals surface area contributed by atoms with Gasteiger partial charge in [-0.3, -0.25) is 4.79 Å². The Labute approximate surface area is 111 Å². The molecule has 5 heteroatoms. The monoisotopic (exact) mass is 266 g/mol. The largest absolute Gasteiger partial charge is 0.496 e. The van der Waals surface area contributed by atoms with Crippen LogP contribution in [-0.2, 0) is 0 Å². The van der Waals surface area contributed by atoms with Gasteiger partial charge >= 0.3 is 0 Å². The summed E-state index contributed by atoms with van der Waals surface area (Å²) in [6, 6.07) is 5.22. The quantitative estimate of drug-likeness (QED) is 0.799. The number of hydrogen-bond acceptors (Lipinski definition) is 4. The maximum Gasteiger partial charge on any atom is 0.257 e. The number of carbonyl (C=O) groups is 1. The van der Waals surface area contributed by atoms with Crippen LogP contribution in [0.1, 0.15) is 23.2 Å². The lowest BCUT2D eigenvalue weighted by molar-refractivity contribution is 0.0951. The van der Waals surface area contributed by atoms with Crippen LogP contribution in [0.3, 0.4) is 0 Å². The van der Waals surface area contributed by atoms with Gasteiger partial charge in [0.15, 0.2) is 0 Å². The van der Waals surface area contributed by atoms with Crippen LogP contribution in [-0.4, -0.2) is 30.6 Å². The zero-order valence-electron chi connectivity index (χ0n) is 10.7. The zero-order chi connectivity index (χ0) is 13.2. The lowest BCUT2D eigenvalue weighted by Crippen LogP contribution is -2.32. The Balaban J connectivity index is 2.09. The van der Waals surface area contributed by atoms with Gasteiger partial charge in [0, 0.05) is 17.0 Å². The Morgan fingerprint density at radius 3 is 2.83 bits per heavy atom. The lowest BCUT2D eigenvalue weighted by Gasteiger charge is -2.15. The molecule has 1 saturated carbocycles. The third-order valence-electron chi connectivity index (χ3n) is 3.32. The number of methoxy groups -OCH3 is 1. The summed E-state index contributed by atoms with van der Waals surface area (Å²) in [6.45, 7) is 0.685.